The zero-order valence-corrected chi connectivity index (χ0v) is 12.0. The standard InChI is InChI=1S/C15H16BrNO/c1-12-10-14(16)11-17-15(12)18-9-5-8-13-6-3-2-4-7-13/h2-4,6-7,10-11H,5,8-9H2,1H3. The summed E-state index contributed by atoms with van der Waals surface area (Å²) < 4.78 is 6.66. The van der Waals surface area contributed by atoms with Gasteiger partial charge in [0.2, 0.25) is 5.88 Å². The van der Waals surface area contributed by atoms with Crippen molar-refractivity contribution in [2.24, 2.45) is 0 Å². The Balaban J connectivity index is 1.79. The molecule has 0 aliphatic carbocycles. The number of benzene rings is 1. The molecule has 0 atom stereocenters. The molecule has 1 aromatic carbocycles. The van der Waals surface area contributed by atoms with E-state index in [9.17, 15) is 0 Å². The number of rotatable bonds is 5. The van der Waals surface area contributed by atoms with Crippen molar-refractivity contribution >= 4 is 15.9 Å². The molecule has 0 aliphatic rings. The second-order valence-electron chi connectivity index (χ2n) is 4.21. The van der Waals surface area contributed by atoms with Crippen LogP contribution >= 0.6 is 15.9 Å². The highest BCUT2D eigenvalue weighted by Crippen LogP contribution is 2.18. The van der Waals surface area contributed by atoms with E-state index in [1.54, 1.807) is 6.20 Å². The van der Waals surface area contributed by atoms with Gasteiger partial charge in [-0.25, -0.2) is 4.98 Å². The van der Waals surface area contributed by atoms with E-state index in [-0.39, 0.29) is 0 Å². The summed E-state index contributed by atoms with van der Waals surface area (Å²) in [5.74, 6) is 0.728. The Kier molecular flexibility index (Phi) is 4.76. The largest absolute Gasteiger partial charge is 0.477 e. The van der Waals surface area contributed by atoms with Crippen LogP contribution in [0.25, 0.3) is 0 Å². The number of ether oxygens (including phenoxy) is 1. The fourth-order valence-corrected chi connectivity index (χ4v) is 2.21. The summed E-state index contributed by atoms with van der Waals surface area (Å²) in [6.07, 6.45) is 3.80. The summed E-state index contributed by atoms with van der Waals surface area (Å²) >= 11 is 3.39. The molecule has 0 saturated carbocycles. The van der Waals surface area contributed by atoms with Gasteiger partial charge in [0.1, 0.15) is 0 Å². The highest BCUT2D eigenvalue weighted by Gasteiger charge is 2.01. The Morgan fingerprint density at radius 3 is 2.72 bits per heavy atom. The van der Waals surface area contributed by atoms with Gasteiger partial charge in [0, 0.05) is 16.2 Å². The molecule has 0 radical (unpaired) electrons. The van der Waals surface area contributed by atoms with E-state index in [1.165, 1.54) is 5.56 Å². The number of aromatic nitrogens is 1. The van der Waals surface area contributed by atoms with Crippen molar-refractivity contribution in [3.05, 3.63) is 58.2 Å². The highest BCUT2D eigenvalue weighted by molar-refractivity contribution is 9.10. The van der Waals surface area contributed by atoms with Crippen molar-refractivity contribution in [3.63, 3.8) is 0 Å². The van der Waals surface area contributed by atoms with Crippen molar-refractivity contribution in [3.8, 4) is 5.88 Å². The van der Waals surface area contributed by atoms with Gasteiger partial charge in [-0.3, -0.25) is 0 Å². The van der Waals surface area contributed by atoms with Crippen LogP contribution in [0, 0.1) is 6.92 Å². The second-order valence-corrected chi connectivity index (χ2v) is 5.13. The fraction of sp³-hybridized carbons (Fsp3) is 0.267. The van der Waals surface area contributed by atoms with Crippen molar-refractivity contribution < 1.29 is 4.74 Å². The molecule has 0 amide bonds. The predicted octanol–water partition coefficient (Wildman–Crippen LogP) is 4.16. The Labute approximate surface area is 116 Å². The molecule has 0 spiro atoms. The van der Waals surface area contributed by atoms with Crippen molar-refractivity contribution in [1.29, 1.82) is 0 Å². The minimum atomic E-state index is 0.699. The zero-order valence-electron chi connectivity index (χ0n) is 10.4. The van der Waals surface area contributed by atoms with Crippen molar-refractivity contribution in [2.75, 3.05) is 6.61 Å². The molecular weight excluding hydrogens is 290 g/mol. The number of hydrogen-bond donors (Lipinski definition) is 0. The van der Waals surface area contributed by atoms with E-state index in [0.29, 0.717) is 6.61 Å². The normalized spacial score (nSPS) is 10.3. The Bertz CT molecular complexity index is 499. The van der Waals surface area contributed by atoms with E-state index >= 15 is 0 Å². The van der Waals surface area contributed by atoms with Crippen LogP contribution in [-0.2, 0) is 6.42 Å². The third-order valence-electron chi connectivity index (χ3n) is 2.69. The van der Waals surface area contributed by atoms with Gasteiger partial charge in [0.25, 0.3) is 0 Å². The van der Waals surface area contributed by atoms with Crippen LogP contribution in [0.2, 0.25) is 0 Å². The van der Waals surface area contributed by atoms with E-state index in [4.69, 9.17) is 4.74 Å². The maximum absolute atomic E-state index is 5.68. The quantitative estimate of drug-likeness (QED) is 0.774. The van der Waals surface area contributed by atoms with Crippen LogP contribution in [0.3, 0.4) is 0 Å². The Hall–Kier alpha value is -1.35. The summed E-state index contributed by atoms with van der Waals surface area (Å²) in [6.45, 7) is 2.70. The first-order valence-corrected chi connectivity index (χ1v) is 6.84. The molecule has 2 aromatic rings. The predicted molar refractivity (Wildman–Crippen MR) is 76.9 cm³/mol. The summed E-state index contributed by atoms with van der Waals surface area (Å²) in [5.41, 5.74) is 2.41. The van der Waals surface area contributed by atoms with Crippen molar-refractivity contribution in [1.82, 2.24) is 4.98 Å². The number of pyridine rings is 1. The molecule has 0 bridgehead atoms. The van der Waals surface area contributed by atoms with E-state index < -0.39 is 0 Å². The molecule has 0 fully saturated rings. The lowest BCUT2D eigenvalue weighted by atomic mass is 10.1. The van der Waals surface area contributed by atoms with Gasteiger partial charge in [-0.05, 0) is 47.3 Å². The maximum Gasteiger partial charge on any atom is 0.216 e. The van der Waals surface area contributed by atoms with Gasteiger partial charge in [-0.2, -0.15) is 0 Å². The summed E-state index contributed by atoms with van der Waals surface area (Å²) in [7, 11) is 0. The first-order valence-electron chi connectivity index (χ1n) is 6.04. The van der Waals surface area contributed by atoms with Crippen molar-refractivity contribution in [2.45, 2.75) is 19.8 Å². The number of nitrogens with zero attached hydrogens (tertiary/aromatic N) is 1. The summed E-state index contributed by atoms with van der Waals surface area (Å²) in [6, 6.07) is 12.5. The van der Waals surface area contributed by atoms with Crippen LogP contribution in [-0.4, -0.2) is 11.6 Å². The molecule has 0 saturated heterocycles. The molecule has 2 nitrogen and oxygen atoms in total. The number of hydrogen-bond acceptors (Lipinski definition) is 2. The lowest BCUT2D eigenvalue weighted by Crippen LogP contribution is -2.02. The Morgan fingerprint density at radius 2 is 2.00 bits per heavy atom. The molecule has 18 heavy (non-hydrogen) atoms. The van der Waals surface area contributed by atoms with E-state index in [0.717, 1.165) is 28.8 Å². The lowest BCUT2D eigenvalue weighted by Gasteiger charge is -2.08. The average Bonchev–Trinajstić information content (AvgIpc) is 2.38. The van der Waals surface area contributed by atoms with Crippen LogP contribution in [0.5, 0.6) is 5.88 Å². The van der Waals surface area contributed by atoms with E-state index in [2.05, 4.69) is 45.2 Å². The van der Waals surface area contributed by atoms with Crippen LogP contribution in [0.1, 0.15) is 17.5 Å². The molecule has 1 heterocycles. The van der Waals surface area contributed by atoms with Gasteiger partial charge in [-0.1, -0.05) is 30.3 Å². The molecule has 3 heteroatoms. The topological polar surface area (TPSA) is 22.1 Å². The zero-order chi connectivity index (χ0) is 12.8. The molecular formula is C15H16BrNO. The first-order chi connectivity index (χ1) is 8.75. The van der Waals surface area contributed by atoms with Crippen LogP contribution in [0.4, 0.5) is 0 Å². The Morgan fingerprint density at radius 1 is 1.22 bits per heavy atom. The first kappa shape index (κ1) is 13.1. The molecule has 0 unspecified atom stereocenters. The lowest BCUT2D eigenvalue weighted by molar-refractivity contribution is 0.297. The summed E-state index contributed by atoms with van der Waals surface area (Å²) in [4.78, 5) is 4.25. The van der Waals surface area contributed by atoms with Gasteiger partial charge in [0.05, 0.1) is 6.61 Å². The molecule has 0 aliphatic heterocycles. The third kappa shape index (κ3) is 3.84. The minimum absolute atomic E-state index is 0.699. The number of aryl methyl sites for hydroxylation is 2. The molecule has 0 N–H and O–H groups in total. The molecule has 94 valence electrons. The average molecular weight is 306 g/mol. The third-order valence-corrected chi connectivity index (χ3v) is 3.12. The molecule has 2 rings (SSSR count). The van der Waals surface area contributed by atoms with Crippen LogP contribution < -0.4 is 4.74 Å². The fourth-order valence-electron chi connectivity index (χ4n) is 1.77. The van der Waals surface area contributed by atoms with E-state index in [1.807, 2.05) is 19.1 Å². The highest BCUT2D eigenvalue weighted by atomic mass is 79.9. The van der Waals surface area contributed by atoms with Gasteiger partial charge >= 0.3 is 0 Å². The monoisotopic (exact) mass is 305 g/mol. The number of halogens is 1. The minimum Gasteiger partial charge on any atom is -0.477 e. The smallest absolute Gasteiger partial charge is 0.216 e. The van der Waals surface area contributed by atoms with Gasteiger partial charge in [-0.15, -0.1) is 0 Å². The van der Waals surface area contributed by atoms with Gasteiger partial charge in [0.15, 0.2) is 0 Å². The summed E-state index contributed by atoms with van der Waals surface area (Å²) in [5, 5.41) is 0. The molecule has 1 aromatic heterocycles. The SMILES string of the molecule is Cc1cc(Br)cnc1OCCCc1ccccc1. The maximum atomic E-state index is 5.68. The van der Waals surface area contributed by atoms with Gasteiger partial charge < -0.3 is 4.74 Å². The van der Waals surface area contributed by atoms with Crippen LogP contribution in [0.15, 0.2) is 47.1 Å². The second kappa shape index (κ2) is 6.55.